The first-order chi connectivity index (χ1) is 8.54. The summed E-state index contributed by atoms with van der Waals surface area (Å²) in [7, 11) is 0. The summed E-state index contributed by atoms with van der Waals surface area (Å²) in [5, 5.41) is 8.80. The van der Waals surface area contributed by atoms with Gasteiger partial charge in [-0.05, 0) is 24.1 Å². The number of benzene rings is 1. The third kappa shape index (κ3) is 4.58. The summed E-state index contributed by atoms with van der Waals surface area (Å²) in [5.74, 6) is -0.864. The topological polar surface area (TPSA) is 37.3 Å². The average Bonchev–Trinajstić information content (AvgIpc) is 2.27. The highest BCUT2D eigenvalue weighted by molar-refractivity contribution is 8.13. The molecule has 0 saturated carbocycles. The van der Waals surface area contributed by atoms with Gasteiger partial charge in [-0.15, -0.1) is 0 Å². The molecule has 98 valence electrons. The van der Waals surface area contributed by atoms with Crippen molar-refractivity contribution in [1.82, 2.24) is 0 Å². The lowest BCUT2D eigenvalue weighted by Gasteiger charge is -2.02. The monoisotopic (exact) mass is 272 g/mol. The Morgan fingerprint density at radius 2 is 2.00 bits per heavy atom. The van der Waals surface area contributed by atoms with E-state index < -0.39 is 18.2 Å². The van der Waals surface area contributed by atoms with E-state index in [2.05, 4.69) is 0 Å². The highest BCUT2D eigenvalue weighted by Gasteiger charge is 2.08. The Labute approximate surface area is 109 Å². The quantitative estimate of drug-likeness (QED) is 0.837. The molecule has 1 aromatic rings. The molecule has 0 fully saturated rings. The highest BCUT2D eigenvalue weighted by atomic mass is 32.2. The molecule has 0 radical (unpaired) electrons. The van der Waals surface area contributed by atoms with Crippen molar-refractivity contribution in [3.63, 3.8) is 0 Å². The summed E-state index contributed by atoms with van der Waals surface area (Å²) >= 11 is 1.21. The van der Waals surface area contributed by atoms with E-state index in [0.29, 0.717) is 17.7 Å². The number of aliphatic hydroxyl groups excluding tert-OH is 1. The molecular weight excluding hydrogens is 258 g/mol. The molecular formula is C13H14F2O2S. The molecule has 0 amide bonds. The van der Waals surface area contributed by atoms with Gasteiger partial charge in [-0.2, -0.15) is 0 Å². The molecule has 0 heterocycles. The van der Waals surface area contributed by atoms with Crippen LogP contribution in [0.5, 0.6) is 0 Å². The van der Waals surface area contributed by atoms with E-state index in [-0.39, 0.29) is 10.7 Å². The molecule has 0 atom stereocenters. The summed E-state index contributed by atoms with van der Waals surface area (Å²) < 4.78 is 26.6. The van der Waals surface area contributed by atoms with E-state index in [1.54, 1.807) is 12.2 Å². The Morgan fingerprint density at radius 1 is 1.39 bits per heavy atom. The molecule has 0 bridgehead atoms. The molecule has 0 aliphatic heterocycles. The molecule has 2 nitrogen and oxygen atoms in total. The first-order valence-electron chi connectivity index (χ1n) is 5.43. The summed E-state index contributed by atoms with van der Waals surface area (Å²) in [6.07, 6.45) is 3.99. The van der Waals surface area contributed by atoms with Crippen LogP contribution in [0.4, 0.5) is 8.78 Å². The van der Waals surface area contributed by atoms with Gasteiger partial charge in [-0.25, -0.2) is 8.78 Å². The fourth-order valence-corrected chi connectivity index (χ4v) is 1.90. The van der Waals surface area contributed by atoms with Crippen LogP contribution in [0.3, 0.4) is 0 Å². The van der Waals surface area contributed by atoms with Gasteiger partial charge in [-0.1, -0.05) is 23.9 Å². The summed E-state index contributed by atoms with van der Waals surface area (Å²) in [6.45, 7) is 0.837. The predicted molar refractivity (Wildman–Crippen MR) is 69.1 cm³/mol. The first kappa shape index (κ1) is 14.9. The summed E-state index contributed by atoms with van der Waals surface area (Å²) in [4.78, 5) is 10.7. The molecule has 1 N–H and O–H groups in total. The van der Waals surface area contributed by atoms with E-state index in [9.17, 15) is 13.6 Å². The minimum Gasteiger partial charge on any atom is -0.391 e. The van der Waals surface area contributed by atoms with Gasteiger partial charge in [0.2, 0.25) is 0 Å². The Kier molecular flexibility index (Phi) is 6.01. The molecule has 5 heteroatoms. The molecule has 0 aromatic heterocycles. The van der Waals surface area contributed by atoms with Crippen LogP contribution >= 0.6 is 11.8 Å². The van der Waals surface area contributed by atoms with Gasteiger partial charge in [0.1, 0.15) is 11.6 Å². The maximum atomic E-state index is 13.3. The number of hydrogen-bond acceptors (Lipinski definition) is 3. The van der Waals surface area contributed by atoms with Gasteiger partial charge in [0.25, 0.3) is 0 Å². The maximum Gasteiger partial charge on any atom is 0.185 e. The molecule has 1 rings (SSSR count). The summed E-state index contributed by atoms with van der Waals surface area (Å²) in [5.41, 5.74) is 0.0781. The second kappa shape index (κ2) is 7.28. The molecule has 0 spiro atoms. The third-order valence-corrected chi connectivity index (χ3v) is 3.07. The molecule has 0 aliphatic rings. The highest BCUT2D eigenvalue weighted by Crippen LogP contribution is 2.16. The van der Waals surface area contributed by atoms with Crippen molar-refractivity contribution >= 4 is 23.0 Å². The Morgan fingerprint density at radius 3 is 2.50 bits per heavy atom. The molecule has 0 aliphatic carbocycles. The van der Waals surface area contributed by atoms with E-state index in [1.165, 1.54) is 30.8 Å². The number of carbonyl (C=O) groups excluding carboxylic acids is 1. The number of aliphatic hydroxyl groups is 1. The average molecular weight is 272 g/mol. The van der Waals surface area contributed by atoms with Crippen LogP contribution in [-0.4, -0.2) is 16.0 Å². The Balaban J connectivity index is 2.62. The first-order valence-corrected chi connectivity index (χ1v) is 6.42. The van der Waals surface area contributed by atoms with Crippen LogP contribution in [0.25, 0.3) is 6.08 Å². The standard InChI is InChI=1S/C13H14F2O2S/c1-9(17)18-5-3-2-4-10-6-12(14)11(8-16)13(15)7-10/h2,4,6-7,16H,3,5,8H2,1H3. The molecule has 1 aromatic carbocycles. The smallest absolute Gasteiger partial charge is 0.185 e. The Hall–Kier alpha value is -1.20. The zero-order valence-corrected chi connectivity index (χ0v) is 10.8. The lowest BCUT2D eigenvalue weighted by atomic mass is 10.1. The van der Waals surface area contributed by atoms with Crippen LogP contribution in [0.15, 0.2) is 18.2 Å². The minimum absolute atomic E-state index is 0.0489. The van der Waals surface area contributed by atoms with Gasteiger partial charge < -0.3 is 5.11 Å². The van der Waals surface area contributed by atoms with Crippen molar-refractivity contribution in [3.8, 4) is 0 Å². The van der Waals surface area contributed by atoms with E-state index in [0.717, 1.165) is 0 Å². The summed E-state index contributed by atoms with van der Waals surface area (Å²) in [6, 6.07) is 2.34. The number of rotatable bonds is 5. The Bertz CT molecular complexity index is 435. The van der Waals surface area contributed by atoms with Crippen LogP contribution in [0, 0.1) is 11.6 Å². The van der Waals surface area contributed by atoms with Crippen molar-refractivity contribution in [2.24, 2.45) is 0 Å². The second-order valence-electron chi connectivity index (χ2n) is 3.65. The van der Waals surface area contributed by atoms with E-state index in [1.807, 2.05) is 0 Å². The maximum absolute atomic E-state index is 13.3. The largest absolute Gasteiger partial charge is 0.391 e. The number of allylic oxidation sites excluding steroid dienone is 1. The van der Waals surface area contributed by atoms with Crippen molar-refractivity contribution in [2.45, 2.75) is 20.0 Å². The van der Waals surface area contributed by atoms with Gasteiger partial charge in [-0.3, -0.25) is 4.79 Å². The van der Waals surface area contributed by atoms with Gasteiger partial charge in [0.15, 0.2) is 5.12 Å². The van der Waals surface area contributed by atoms with Crippen LogP contribution in [-0.2, 0) is 11.4 Å². The SMILES string of the molecule is CC(=O)SCCC=Cc1cc(F)c(CO)c(F)c1. The van der Waals surface area contributed by atoms with Crippen molar-refractivity contribution in [3.05, 3.63) is 41.0 Å². The predicted octanol–water partition coefficient (Wildman–Crippen LogP) is 3.14. The second-order valence-corrected chi connectivity index (χ2v) is 4.92. The zero-order valence-electron chi connectivity index (χ0n) is 9.95. The van der Waals surface area contributed by atoms with Crippen molar-refractivity contribution in [1.29, 1.82) is 0 Å². The number of carbonyl (C=O) groups is 1. The van der Waals surface area contributed by atoms with Gasteiger partial charge in [0.05, 0.1) is 6.61 Å². The third-order valence-electron chi connectivity index (χ3n) is 2.22. The van der Waals surface area contributed by atoms with Crippen LogP contribution in [0.1, 0.15) is 24.5 Å². The number of thioether (sulfide) groups is 1. The molecule has 0 unspecified atom stereocenters. The molecule has 18 heavy (non-hydrogen) atoms. The van der Waals surface area contributed by atoms with Crippen molar-refractivity contribution in [2.75, 3.05) is 5.75 Å². The number of hydrogen-bond donors (Lipinski definition) is 1. The van der Waals surface area contributed by atoms with Crippen LogP contribution < -0.4 is 0 Å². The van der Waals surface area contributed by atoms with E-state index in [4.69, 9.17) is 5.11 Å². The van der Waals surface area contributed by atoms with Crippen LogP contribution in [0.2, 0.25) is 0 Å². The fraction of sp³-hybridized carbons (Fsp3) is 0.308. The van der Waals surface area contributed by atoms with E-state index >= 15 is 0 Å². The van der Waals surface area contributed by atoms with Crippen molar-refractivity contribution < 1.29 is 18.7 Å². The lowest BCUT2D eigenvalue weighted by molar-refractivity contribution is -0.109. The number of halogens is 2. The lowest BCUT2D eigenvalue weighted by Crippen LogP contribution is -1.96. The zero-order chi connectivity index (χ0) is 13.5. The normalized spacial score (nSPS) is 11.1. The van der Waals surface area contributed by atoms with Gasteiger partial charge >= 0.3 is 0 Å². The van der Waals surface area contributed by atoms with Gasteiger partial charge in [0, 0.05) is 18.2 Å². The fourth-order valence-electron chi connectivity index (χ4n) is 1.36. The minimum atomic E-state index is -0.754. The molecule has 0 saturated heterocycles.